The molecule has 0 aromatic carbocycles. The van der Waals surface area contributed by atoms with Gasteiger partial charge in [0, 0.05) is 13.1 Å². The maximum Gasteiger partial charge on any atom is 0.224 e. The predicted molar refractivity (Wildman–Crippen MR) is 66.7 cm³/mol. The van der Waals surface area contributed by atoms with Crippen LogP contribution in [0.3, 0.4) is 0 Å². The molecule has 0 atom stereocenters. The Kier molecular flexibility index (Phi) is 2.93. The van der Waals surface area contributed by atoms with Gasteiger partial charge in [-0.05, 0) is 29.9 Å². The summed E-state index contributed by atoms with van der Waals surface area (Å²) in [4.78, 5) is 10.3. The molecule has 2 heterocycles. The van der Waals surface area contributed by atoms with Crippen molar-refractivity contribution in [3.63, 3.8) is 0 Å². The van der Waals surface area contributed by atoms with Crippen molar-refractivity contribution in [2.45, 2.75) is 26.7 Å². The van der Waals surface area contributed by atoms with Crippen molar-refractivity contribution in [3.8, 4) is 0 Å². The fraction of sp³-hybridized carbons (Fsp3) is 0.636. The van der Waals surface area contributed by atoms with Gasteiger partial charge in [0.1, 0.15) is 0 Å². The van der Waals surface area contributed by atoms with Crippen molar-refractivity contribution in [2.75, 3.05) is 23.7 Å². The van der Waals surface area contributed by atoms with Crippen LogP contribution in [0.15, 0.2) is 6.20 Å². The van der Waals surface area contributed by atoms with E-state index in [4.69, 9.17) is 17.3 Å². The second-order valence-electron chi connectivity index (χ2n) is 5.11. The van der Waals surface area contributed by atoms with E-state index in [2.05, 4.69) is 28.7 Å². The van der Waals surface area contributed by atoms with Gasteiger partial charge in [0.15, 0.2) is 5.82 Å². The number of hydrogen-bond acceptors (Lipinski definition) is 4. The van der Waals surface area contributed by atoms with Crippen molar-refractivity contribution < 1.29 is 0 Å². The van der Waals surface area contributed by atoms with Crippen molar-refractivity contribution in [3.05, 3.63) is 11.5 Å². The number of nitrogens with zero attached hydrogens (tertiary/aromatic N) is 3. The molecule has 1 fully saturated rings. The van der Waals surface area contributed by atoms with Crippen LogP contribution in [0.1, 0.15) is 26.7 Å². The summed E-state index contributed by atoms with van der Waals surface area (Å²) >= 11 is 5.80. The Balaban J connectivity index is 2.26. The summed E-state index contributed by atoms with van der Waals surface area (Å²) in [6.07, 6.45) is 3.97. The topological polar surface area (TPSA) is 55.0 Å². The zero-order valence-electron chi connectivity index (χ0n) is 9.70. The molecule has 0 bridgehead atoms. The van der Waals surface area contributed by atoms with E-state index in [0.717, 1.165) is 25.3 Å². The third-order valence-electron chi connectivity index (χ3n) is 2.97. The molecule has 0 saturated carbocycles. The van der Waals surface area contributed by atoms with E-state index < -0.39 is 0 Å². The van der Waals surface area contributed by atoms with Crippen LogP contribution < -0.4 is 10.6 Å². The molecule has 88 valence electrons. The first-order valence-electron chi connectivity index (χ1n) is 5.51. The van der Waals surface area contributed by atoms with Gasteiger partial charge < -0.3 is 10.6 Å². The monoisotopic (exact) mass is 240 g/mol. The van der Waals surface area contributed by atoms with Crippen molar-refractivity contribution >= 4 is 23.1 Å². The first kappa shape index (κ1) is 11.5. The summed E-state index contributed by atoms with van der Waals surface area (Å²) in [6.45, 7) is 6.47. The summed E-state index contributed by atoms with van der Waals surface area (Å²) in [7, 11) is 0. The Labute approximate surface area is 101 Å². The molecule has 1 aromatic heterocycles. The van der Waals surface area contributed by atoms with E-state index in [-0.39, 0.29) is 5.28 Å². The standard InChI is InChI=1S/C11H17ClN4/c1-11(2)4-3-5-16(7-11)9-8(13)6-14-10(12)15-9/h6H,3-5,7,13H2,1-2H3. The maximum atomic E-state index is 5.88. The molecule has 0 spiro atoms. The van der Waals surface area contributed by atoms with Crippen molar-refractivity contribution in [2.24, 2.45) is 5.41 Å². The first-order chi connectivity index (χ1) is 7.48. The van der Waals surface area contributed by atoms with Crippen LogP contribution in [0.4, 0.5) is 11.5 Å². The van der Waals surface area contributed by atoms with E-state index in [9.17, 15) is 0 Å². The summed E-state index contributed by atoms with van der Waals surface area (Å²) in [5, 5.41) is 0.257. The van der Waals surface area contributed by atoms with Gasteiger partial charge in [0.2, 0.25) is 5.28 Å². The van der Waals surface area contributed by atoms with Gasteiger partial charge in [0.25, 0.3) is 0 Å². The molecule has 2 N–H and O–H groups in total. The smallest absolute Gasteiger partial charge is 0.224 e. The maximum absolute atomic E-state index is 5.88. The molecular weight excluding hydrogens is 224 g/mol. The fourth-order valence-electron chi connectivity index (χ4n) is 2.22. The van der Waals surface area contributed by atoms with Crippen LogP contribution >= 0.6 is 11.6 Å². The van der Waals surface area contributed by atoms with Gasteiger partial charge in [-0.15, -0.1) is 0 Å². The number of aromatic nitrogens is 2. The molecule has 4 nitrogen and oxygen atoms in total. The Morgan fingerprint density at radius 3 is 2.94 bits per heavy atom. The highest BCUT2D eigenvalue weighted by molar-refractivity contribution is 6.28. The second-order valence-corrected chi connectivity index (χ2v) is 5.45. The van der Waals surface area contributed by atoms with Gasteiger partial charge in [-0.2, -0.15) is 4.98 Å². The second kappa shape index (κ2) is 4.09. The lowest BCUT2D eigenvalue weighted by atomic mass is 9.84. The number of rotatable bonds is 1. The fourth-order valence-corrected chi connectivity index (χ4v) is 2.35. The number of halogens is 1. The minimum atomic E-state index is 0.257. The van der Waals surface area contributed by atoms with E-state index in [0.29, 0.717) is 11.1 Å². The van der Waals surface area contributed by atoms with E-state index in [1.165, 1.54) is 6.42 Å². The Morgan fingerprint density at radius 1 is 1.50 bits per heavy atom. The highest BCUT2D eigenvalue weighted by Gasteiger charge is 2.28. The summed E-state index contributed by atoms with van der Waals surface area (Å²) in [6, 6.07) is 0. The Hall–Kier alpha value is -1.03. The third-order valence-corrected chi connectivity index (χ3v) is 3.15. The molecule has 0 radical (unpaired) electrons. The van der Waals surface area contributed by atoms with Crippen LogP contribution in [0, 0.1) is 5.41 Å². The summed E-state index contributed by atoms with van der Waals surface area (Å²) in [5.74, 6) is 0.771. The molecule has 1 aliphatic heterocycles. The van der Waals surface area contributed by atoms with Crippen LogP contribution in [0.2, 0.25) is 5.28 Å². The zero-order valence-corrected chi connectivity index (χ0v) is 10.5. The molecule has 0 aliphatic carbocycles. The third kappa shape index (κ3) is 2.38. The van der Waals surface area contributed by atoms with E-state index >= 15 is 0 Å². The molecule has 1 aliphatic rings. The molecular formula is C11H17ClN4. The lowest BCUT2D eigenvalue weighted by Crippen LogP contribution is -2.40. The average Bonchev–Trinajstić information content (AvgIpc) is 2.20. The first-order valence-corrected chi connectivity index (χ1v) is 5.89. The highest BCUT2D eigenvalue weighted by Crippen LogP contribution is 2.32. The summed E-state index contributed by atoms with van der Waals surface area (Å²) in [5.41, 5.74) is 6.79. The molecule has 2 rings (SSSR count). The lowest BCUT2D eigenvalue weighted by Gasteiger charge is -2.39. The molecule has 0 amide bonds. The molecule has 16 heavy (non-hydrogen) atoms. The normalized spacial score (nSPS) is 19.8. The van der Waals surface area contributed by atoms with Gasteiger partial charge in [-0.25, -0.2) is 4.98 Å². The quantitative estimate of drug-likeness (QED) is 0.766. The molecule has 1 aromatic rings. The predicted octanol–water partition coefficient (Wildman–Crippen LogP) is 2.34. The van der Waals surface area contributed by atoms with Crippen LogP contribution in [0.5, 0.6) is 0 Å². The molecule has 5 heteroatoms. The Morgan fingerprint density at radius 2 is 2.25 bits per heavy atom. The van der Waals surface area contributed by atoms with Gasteiger partial charge in [-0.1, -0.05) is 13.8 Å². The van der Waals surface area contributed by atoms with Gasteiger partial charge >= 0.3 is 0 Å². The Bertz CT molecular complexity index is 392. The SMILES string of the molecule is CC1(C)CCCN(c2nc(Cl)ncc2N)C1. The van der Waals surface area contributed by atoms with E-state index in [1.807, 2.05) is 0 Å². The van der Waals surface area contributed by atoms with Crippen molar-refractivity contribution in [1.82, 2.24) is 9.97 Å². The zero-order chi connectivity index (χ0) is 11.8. The number of hydrogen-bond donors (Lipinski definition) is 1. The lowest BCUT2D eigenvalue weighted by molar-refractivity contribution is 0.292. The van der Waals surface area contributed by atoms with Crippen LogP contribution in [-0.2, 0) is 0 Å². The minimum absolute atomic E-state index is 0.257. The van der Waals surface area contributed by atoms with Gasteiger partial charge in [-0.3, -0.25) is 0 Å². The minimum Gasteiger partial charge on any atom is -0.394 e. The number of nitrogens with two attached hydrogens (primary N) is 1. The largest absolute Gasteiger partial charge is 0.394 e. The average molecular weight is 241 g/mol. The van der Waals surface area contributed by atoms with Crippen LogP contribution in [0.25, 0.3) is 0 Å². The number of anilines is 2. The molecule has 1 saturated heterocycles. The highest BCUT2D eigenvalue weighted by atomic mass is 35.5. The summed E-state index contributed by atoms with van der Waals surface area (Å²) < 4.78 is 0. The molecule has 0 unspecified atom stereocenters. The van der Waals surface area contributed by atoms with Gasteiger partial charge in [0.05, 0.1) is 11.9 Å². The van der Waals surface area contributed by atoms with E-state index in [1.54, 1.807) is 6.20 Å². The number of nitrogen functional groups attached to an aromatic ring is 1. The van der Waals surface area contributed by atoms with Crippen LogP contribution in [-0.4, -0.2) is 23.1 Å². The van der Waals surface area contributed by atoms with Crippen molar-refractivity contribution in [1.29, 1.82) is 0 Å². The number of piperidine rings is 1.